The fraction of sp³-hybridized carbons (Fsp3) is 0.450. The lowest BCUT2D eigenvalue weighted by Crippen LogP contribution is -2.41. The lowest BCUT2D eigenvalue weighted by Gasteiger charge is -2.34. The SMILES string of the molecule is CC(C)(C)C1NCC2CN(C(=O)c3ccccc3-n3nccn3)CC=C21. The summed E-state index contributed by atoms with van der Waals surface area (Å²) in [5.74, 6) is 0.430. The van der Waals surface area contributed by atoms with Crippen LogP contribution >= 0.6 is 0 Å². The van der Waals surface area contributed by atoms with E-state index in [1.54, 1.807) is 12.4 Å². The molecule has 0 saturated carbocycles. The third-order valence-corrected chi connectivity index (χ3v) is 5.28. The van der Waals surface area contributed by atoms with Gasteiger partial charge in [-0.25, -0.2) is 0 Å². The van der Waals surface area contributed by atoms with E-state index >= 15 is 0 Å². The molecule has 1 fully saturated rings. The molecule has 1 N–H and O–H groups in total. The first-order valence-corrected chi connectivity index (χ1v) is 9.13. The quantitative estimate of drug-likeness (QED) is 0.843. The Hall–Kier alpha value is -2.47. The maximum Gasteiger partial charge on any atom is 0.256 e. The number of fused-ring (bicyclic) bond motifs is 1. The number of hydrogen-bond donors (Lipinski definition) is 1. The molecular weight excluding hydrogens is 326 g/mol. The Kier molecular flexibility index (Phi) is 4.15. The molecule has 2 unspecified atom stereocenters. The van der Waals surface area contributed by atoms with Crippen LogP contribution < -0.4 is 5.32 Å². The molecule has 3 heterocycles. The van der Waals surface area contributed by atoms with Crippen molar-refractivity contribution in [3.8, 4) is 5.69 Å². The van der Waals surface area contributed by atoms with Crippen LogP contribution in [-0.2, 0) is 0 Å². The van der Waals surface area contributed by atoms with Crippen molar-refractivity contribution in [2.24, 2.45) is 11.3 Å². The first kappa shape index (κ1) is 17.0. The molecule has 2 aromatic rings. The van der Waals surface area contributed by atoms with Crippen LogP contribution in [0, 0.1) is 11.3 Å². The first-order chi connectivity index (χ1) is 12.4. The predicted molar refractivity (Wildman–Crippen MR) is 100 cm³/mol. The van der Waals surface area contributed by atoms with Gasteiger partial charge in [-0.1, -0.05) is 39.0 Å². The molecule has 4 rings (SSSR count). The van der Waals surface area contributed by atoms with Crippen molar-refractivity contribution < 1.29 is 4.79 Å². The average Bonchev–Trinajstić information content (AvgIpc) is 3.29. The molecule has 0 aliphatic carbocycles. The number of carbonyl (C=O) groups is 1. The Morgan fingerprint density at radius 2 is 1.92 bits per heavy atom. The van der Waals surface area contributed by atoms with Crippen molar-refractivity contribution in [2.45, 2.75) is 26.8 Å². The molecule has 6 nitrogen and oxygen atoms in total. The van der Waals surface area contributed by atoms with Gasteiger partial charge in [0.05, 0.1) is 23.6 Å². The Morgan fingerprint density at radius 3 is 2.65 bits per heavy atom. The van der Waals surface area contributed by atoms with Crippen molar-refractivity contribution >= 4 is 5.91 Å². The van der Waals surface area contributed by atoms with E-state index in [2.05, 4.69) is 42.4 Å². The smallest absolute Gasteiger partial charge is 0.256 e. The molecule has 1 aromatic carbocycles. The van der Waals surface area contributed by atoms with Gasteiger partial charge in [-0.15, -0.1) is 0 Å². The van der Waals surface area contributed by atoms with Gasteiger partial charge >= 0.3 is 0 Å². The van der Waals surface area contributed by atoms with E-state index < -0.39 is 0 Å². The zero-order valence-corrected chi connectivity index (χ0v) is 15.5. The Balaban J connectivity index is 1.59. The van der Waals surface area contributed by atoms with Crippen LogP contribution in [0.15, 0.2) is 48.3 Å². The van der Waals surface area contributed by atoms with E-state index in [0.717, 1.165) is 18.8 Å². The number of aromatic nitrogens is 3. The third-order valence-electron chi connectivity index (χ3n) is 5.28. The van der Waals surface area contributed by atoms with Crippen LogP contribution in [0.1, 0.15) is 31.1 Å². The maximum atomic E-state index is 13.2. The number of hydrogen-bond acceptors (Lipinski definition) is 4. The van der Waals surface area contributed by atoms with E-state index in [1.165, 1.54) is 10.4 Å². The van der Waals surface area contributed by atoms with Gasteiger partial charge in [-0.3, -0.25) is 4.79 Å². The van der Waals surface area contributed by atoms with Gasteiger partial charge in [-0.2, -0.15) is 15.0 Å². The van der Waals surface area contributed by atoms with E-state index in [-0.39, 0.29) is 11.3 Å². The number of para-hydroxylation sites is 1. The summed E-state index contributed by atoms with van der Waals surface area (Å²) >= 11 is 0. The molecule has 2 aliphatic heterocycles. The topological polar surface area (TPSA) is 63.1 Å². The van der Waals surface area contributed by atoms with Gasteiger partial charge in [0.1, 0.15) is 0 Å². The molecule has 2 aliphatic rings. The van der Waals surface area contributed by atoms with Crippen LogP contribution in [0.25, 0.3) is 5.69 Å². The lowest BCUT2D eigenvalue weighted by atomic mass is 9.79. The molecule has 0 spiro atoms. The van der Waals surface area contributed by atoms with Crippen LogP contribution in [-0.4, -0.2) is 51.5 Å². The largest absolute Gasteiger partial charge is 0.334 e. The molecule has 2 atom stereocenters. The van der Waals surface area contributed by atoms with Crippen molar-refractivity contribution in [1.82, 2.24) is 25.2 Å². The minimum Gasteiger partial charge on any atom is -0.334 e. The van der Waals surface area contributed by atoms with Crippen molar-refractivity contribution in [1.29, 1.82) is 0 Å². The van der Waals surface area contributed by atoms with Crippen molar-refractivity contribution in [3.05, 3.63) is 53.9 Å². The second-order valence-electron chi connectivity index (χ2n) is 8.15. The van der Waals surface area contributed by atoms with Gasteiger partial charge in [0, 0.05) is 31.6 Å². The minimum absolute atomic E-state index is 0.0346. The van der Waals surface area contributed by atoms with Gasteiger partial charge in [-0.05, 0) is 23.1 Å². The van der Waals surface area contributed by atoms with E-state index in [0.29, 0.717) is 24.1 Å². The molecule has 1 amide bonds. The van der Waals surface area contributed by atoms with Gasteiger partial charge in [0.15, 0.2) is 0 Å². The van der Waals surface area contributed by atoms with Crippen LogP contribution in [0.3, 0.4) is 0 Å². The third kappa shape index (κ3) is 2.94. The minimum atomic E-state index is 0.0346. The highest BCUT2D eigenvalue weighted by Crippen LogP contribution is 2.36. The first-order valence-electron chi connectivity index (χ1n) is 9.13. The number of nitrogens with zero attached hydrogens (tertiary/aromatic N) is 4. The highest BCUT2D eigenvalue weighted by molar-refractivity contribution is 5.98. The zero-order valence-electron chi connectivity index (χ0n) is 15.5. The molecule has 1 aromatic heterocycles. The van der Waals surface area contributed by atoms with Gasteiger partial charge < -0.3 is 10.2 Å². The second kappa shape index (κ2) is 6.36. The second-order valence-corrected chi connectivity index (χ2v) is 8.15. The Morgan fingerprint density at radius 1 is 1.19 bits per heavy atom. The Bertz CT molecular complexity index is 834. The highest BCUT2D eigenvalue weighted by Gasteiger charge is 2.40. The van der Waals surface area contributed by atoms with E-state index in [9.17, 15) is 4.79 Å². The average molecular weight is 351 g/mol. The maximum absolute atomic E-state index is 13.2. The summed E-state index contributed by atoms with van der Waals surface area (Å²) in [4.78, 5) is 16.6. The lowest BCUT2D eigenvalue weighted by molar-refractivity contribution is 0.0749. The standard InChI is InChI=1S/C20H25N5O/c1-20(2,3)18-15-8-11-24(13-14(15)12-21-18)19(26)16-6-4-5-7-17(16)25-22-9-10-23-25/h4-10,14,18,21H,11-13H2,1-3H3. The molecule has 136 valence electrons. The fourth-order valence-electron chi connectivity index (χ4n) is 4.05. The summed E-state index contributed by atoms with van der Waals surface area (Å²) in [6.45, 7) is 9.13. The molecule has 1 saturated heterocycles. The summed E-state index contributed by atoms with van der Waals surface area (Å²) < 4.78 is 0. The van der Waals surface area contributed by atoms with Crippen LogP contribution in [0.5, 0.6) is 0 Å². The summed E-state index contributed by atoms with van der Waals surface area (Å²) in [7, 11) is 0. The molecule has 26 heavy (non-hydrogen) atoms. The highest BCUT2D eigenvalue weighted by atomic mass is 16.2. The summed E-state index contributed by atoms with van der Waals surface area (Å²) in [5, 5.41) is 12.0. The predicted octanol–water partition coefficient (Wildman–Crippen LogP) is 2.28. The number of amides is 1. The number of nitrogens with one attached hydrogen (secondary N) is 1. The molecule has 0 bridgehead atoms. The fourth-order valence-corrected chi connectivity index (χ4v) is 4.05. The number of rotatable bonds is 2. The normalized spacial score (nSPS) is 22.9. The molecular formula is C20H25N5O. The van der Waals surface area contributed by atoms with Gasteiger partial charge in [0.2, 0.25) is 0 Å². The van der Waals surface area contributed by atoms with Crippen molar-refractivity contribution in [3.63, 3.8) is 0 Å². The monoisotopic (exact) mass is 351 g/mol. The van der Waals surface area contributed by atoms with E-state index in [4.69, 9.17) is 0 Å². The van der Waals surface area contributed by atoms with Crippen LogP contribution in [0.4, 0.5) is 0 Å². The summed E-state index contributed by atoms with van der Waals surface area (Å²) in [5.41, 5.74) is 3.00. The Labute approximate surface area is 153 Å². The summed E-state index contributed by atoms with van der Waals surface area (Å²) in [6, 6.07) is 7.91. The van der Waals surface area contributed by atoms with E-state index in [1.807, 2.05) is 29.2 Å². The number of carbonyl (C=O) groups excluding carboxylic acids is 1. The number of benzene rings is 1. The van der Waals surface area contributed by atoms with Gasteiger partial charge in [0.25, 0.3) is 5.91 Å². The van der Waals surface area contributed by atoms with Crippen LogP contribution in [0.2, 0.25) is 0 Å². The zero-order chi connectivity index (χ0) is 18.3. The van der Waals surface area contributed by atoms with Crippen molar-refractivity contribution in [2.75, 3.05) is 19.6 Å². The summed E-state index contributed by atoms with van der Waals surface area (Å²) in [6.07, 6.45) is 5.48. The molecule has 6 heteroatoms. The molecule has 0 radical (unpaired) electrons.